The molecule has 1 heteroatoms. The molecule has 1 aromatic rings. The van der Waals surface area contributed by atoms with Gasteiger partial charge in [0, 0.05) is 0 Å². The van der Waals surface area contributed by atoms with Gasteiger partial charge in [-0.05, 0) is 61.3 Å². The minimum atomic E-state index is -0.570. The van der Waals surface area contributed by atoms with E-state index < -0.39 is 5.60 Å². The molecule has 0 spiro atoms. The summed E-state index contributed by atoms with van der Waals surface area (Å²) < 4.78 is 0. The Morgan fingerprint density at radius 1 is 1.25 bits per heavy atom. The van der Waals surface area contributed by atoms with Crippen molar-refractivity contribution < 1.29 is 5.11 Å². The lowest BCUT2D eigenvalue weighted by atomic mass is 9.84. The zero-order chi connectivity index (χ0) is 11.9. The Bertz CT molecular complexity index is 406. The van der Waals surface area contributed by atoms with Crippen LogP contribution in [0.1, 0.15) is 48.9 Å². The molecule has 1 aliphatic rings. The molecular formula is C15H22O. The second kappa shape index (κ2) is 3.89. The second-order valence-corrected chi connectivity index (χ2v) is 5.68. The van der Waals surface area contributed by atoms with Crippen LogP contribution >= 0.6 is 0 Å². The Morgan fingerprint density at radius 3 is 2.50 bits per heavy atom. The minimum Gasteiger partial charge on any atom is -0.385 e. The highest BCUT2D eigenvalue weighted by Gasteiger charge is 2.38. The maximum absolute atomic E-state index is 10.8. The van der Waals surface area contributed by atoms with E-state index in [1.807, 2.05) is 0 Å². The summed E-state index contributed by atoms with van der Waals surface area (Å²) in [5, 5.41) is 10.8. The minimum absolute atomic E-state index is 0.538. The maximum atomic E-state index is 10.8. The van der Waals surface area contributed by atoms with E-state index in [0.717, 1.165) is 19.3 Å². The van der Waals surface area contributed by atoms with Crippen LogP contribution in [0.3, 0.4) is 0 Å². The van der Waals surface area contributed by atoms with E-state index in [0.29, 0.717) is 5.92 Å². The molecule has 2 rings (SSSR count). The molecule has 1 N–H and O–H groups in total. The molecule has 1 aromatic carbocycles. The fourth-order valence-electron chi connectivity index (χ4n) is 3.18. The van der Waals surface area contributed by atoms with Crippen LogP contribution in [0.4, 0.5) is 0 Å². The highest BCUT2D eigenvalue weighted by molar-refractivity contribution is 5.47. The van der Waals surface area contributed by atoms with Crippen LogP contribution in [0.15, 0.2) is 12.1 Å². The number of fused-ring (bicyclic) bond motifs is 1. The maximum Gasteiger partial charge on any atom is 0.0907 e. The summed E-state index contributed by atoms with van der Waals surface area (Å²) >= 11 is 0. The van der Waals surface area contributed by atoms with Crippen molar-refractivity contribution in [1.29, 1.82) is 0 Å². The molecule has 0 aromatic heterocycles. The molecule has 1 atom stereocenters. The molecule has 1 unspecified atom stereocenters. The van der Waals surface area contributed by atoms with Gasteiger partial charge in [-0.3, -0.25) is 0 Å². The molecule has 0 radical (unpaired) electrons. The van der Waals surface area contributed by atoms with Gasteiger partial charge in [-0.2, -0.15) is 0 Å². The van der Waals surface area contributed by atoms with Crippen LogP contribution in [0.5, 0.6) is 0 Å². The van der Waals surface area contributed by atoms with E-state index in [4.69, 9.17) is 0 Å². The van der Waals surface area contributed by atoms with E-state index in [9.17, 15) is 5.11 Å². The van der Waals surface area contributed by atoms with Crippen LogP contribution in [-0.2, 0) is 12.0 Å². The third-order valence-corrected chi connectivity index (χ3v) is 3.76. The summed E-state index contributed by atoms with van der Waals surface area (Å²) in [7, 11) is 0. The average molecular weight is 218 g/mol. The first-order chi connectivity index (χ1) is 7.44. The highest BCUT2D eigenvalue weighted by atomic mass is 16.3. The number of rotatable bonds is 2. The van der Waals surface area contributed by atoms with Crippen molar-refractivity contribution in [2.24, 2.45) is 5.92 Å². The smallest absolute Gasteiger partial charge is 0.0907 e. The van der Waals surface area contributed by atoms with Crippen LogP contribution in [0.25, 0.3) is 0 Å². The van der Waals surface area contributed by atoms with Crippen LogP contribution in [0, 0.1) is 19.8 Å². The molecule has 0 saturated carbocycles. The van der Waals surface area contributed by atoms with Crippen molar-refractivity contribution in [3.63, 3.8) is 0 Å². The largest absolute Gasteiger partial charge is 0.385 e. The molecule has 0 saturated heterocycles. The van der Waals surface area contributed by atoms with Gasteiger partial charge in [0.1, 0.15) is 0 Å². The number of hydrogen-bond acceptors (Lipinski definition) is 1. The third-order valence-electron chi connectivity index (χ3n) is 3.76. The lowest BCUT2D eigenvalue weighted by Gasteiger charge is -2.27. The van der Waals surface area contributed by atoms with Crippen molar-refractivity contribution >= 4 is 0 Å². The molecule has 0 aliphatic heterocycles. The Morgan fingerprint density at radius 2 is 1.88 bits per heavy atom. The van der Waals surface area contributed by atoms with Gasteiger partial charge in [0.25, 0.3) is 0 Å². The molecule has 0 amide bonds. The summed E-state index contributed by atoms with van der Waals surface area (Å²) in [6.45, 7) is 8.64. The van der Waals surface area contributed by atoms with Crippen molar-refractivity contribution in [3.8, 4) is 0 Å². The van der Waals surface area contributed by atoms with Gasteiger partial charge in [0.2, 0.25) is 0 Å². The van der Waals surface area contributed by atoms with E-state index in [2.05, 4.69) is 39.8 Å². The van der Waals surface area contributed by atoms with Gasteiger partial charge in [-0.1, -0.05) is 26.0 Å². The van der Waals surface area contributed by atoms with Crippen molar-refractivity contribution in [1.82, 2.24) is 0 Å². The fraction of sp³-hybridized carbons (Fsp3) is 0.600. The first-order valence-corrected chi connectivity index (χ1v) is 6.26. The van der Waals surface area contributed by atoms with Gasteiger partial charge in [-0.15, -0.1) is 0 Å². The summed E-state index contributed by atoms with van der Waals surface area (Å²) in [5.41, 5.74) is 4.63. The lowest BCUT2D eigenvalue weighted by molar-refractivity contribution is 0.0167. The van der Waals surface area contributed by atoms with Gasteiger partial charge in [0.05, 0.1) is 5.60 Å². The van der Waals surface area contributed by atoms with Crippen LogP contribution in [0.2, 0.25) is 0 Å². The van der Waals surface area contributed by atoms with Crippen LogP contribution in [-0.4, -0.2) is 5.11 Å². The Labute approximate surface area is 98.5 Å². The van der Waals surface area contributed by atoms with E-state index in [1.165, 1.54) is 22.3 Å². The number of hydrogen-bond donors (Lipinski definition) is 1. The predicted octanol–water partition coefficient (Wildman–Crippen LogP) is 3.48. The predicted molar refractivity (Wildman–Crippen MR) is 67.6 cm³/mol. The third kappa shape index (κ3) is 1.78. The first-order valence-electron chi connectivity index (χ1n) is 6.26. The molecule has 0 bridgehead atoms. The molecule has 0 heterocycles. The summed E-state index contributed by atoms with van der Waals surface area (Å²) in [6, 6.07) is 4.32. The Kier molecular flexibility index (Phi) is 2.83. The zero-order valence-corrected chi connectivity index (χ0v) is 10.8. The Balaban J connectivity index is 2.49. The molecule has 1 aliphatic carbocycles. The van der Waals surface area contributed by atoms with E-state index in [-0.39, 0.29) is 0 Å². The molecule has 0 fully saturated rings. The van der Waals surface area contributed by atoms with Crippen molar-refractivity contribution in [3.05, 3.63) is 34.4 Å². The standard InChI is InChI=1S/C15H22O/c1-10(2)9-15(16)8-7-13-11(3)5-6-12(4)14(13)15/h5-6,10,16H,7-9H2,1-4H3. The lowest BCUT2D eigenvalue weighted by Crippen LogP contribution is -2.25. The first kappa shape index (κ1) is 11.7. The van der Waals surface area contributed by atoms with Gasteiger partial charge in [-0.25, -0.2) is 0 Å². The topological polar surface area (TPSA) is 20.2 Å². The molecule has 16 heavy (non-hydrogen) atoms. The van der Waals surface area contributed by atoms with E-state index in [1.54, 1.807) is 0 Å². The molecule has 88 valence electrons. The molecule has 1 nitrogen and oxygen atoms in total. The normalized spacial score (nSPS) is 23.9. The highest BCUT2D eigenvalue weighted by Crippen LogP contribution is 2.43. The van der Waals surface area contributed by atoms with Gasteiger partial charge < -0.3 is 5.11 Å². The average Bonchev–Trinajstić information content (AvgIpc) is 2.50. The zero-order valence-electron chi connectivity index (χ0n) is 10.8. The number of aryl methyl sites for hydroxylation is 2. The van der Waals surface area contributed by atoms with Gasteiger partial charge in [0.15, 0.2) is 0 Å². The van der Waals surface area contributed by atoms with Crippen LogP contribution < -0.4 is 0 Å². The van der Waals surface area contributed by atoms with Crippen molar-refractivity contribution in [2.75, 3.05) is 0 Å². The summed E-state index contributed by atoms with van der Waals surface area (Å²) in [6.07, 6.45) is 2.81. The Hall–Kier alpha value is -0.820. The second-order valence-electron chi connectivity index (χ2n) is 5.68. The summed E-state index contributed by atoms with van der Waals surface area (Å²) in [5.74, 6) is 0.538. The summed E-state index contributed by atoms with van der Waals surface area (Å²) in [4.78, 5) is 0. The number of benzene rings is 1. The van der Waals surface area contributed by atoms with E-state index >= 15 is 0 Å². The quantitative estimate of drug-likeness (QED) is 0.805. The van der Waals surface area contributed by atoms with Gasteiger partial charge >= 0.3 is 0 Å². The van der Waals surface area contributed by atoms with Crippen molar-refractivity contribution in [2.45, 2.75) is 52.6 Å². The monoisotopic (exact) mass is 218 g/mol. The molecular weight excluding hydrogens is 196 g/mol. The fourth-order valence-corrected chi connectivity index (χ4v) is 3.18. The number of aliphatic hydroxyl groups is 1. The SMILES string of the molecule is Cc1ccc(C)c2c1CCC2(O)CC(C)C.